The van der Waals surface area contributed by atoms with Crippen molar-refractivity contribution in [2.45, 2.75) is 0 Å². The second kappa shape index (κ2) is 5.41. The summed E-state index contributed by atoms with van der Waals surface area (Å²) in [6, 6.07) is 15.4. The van der Waals surface area contributed by atoms with Crippen LogP contribution in [0.3, 0.4) is 0 Å². The van der Waals surface area contributed by atoms with Crippen molar-refractivity contribution in [1.29, 1.82) is 0 Å². The first-order valence-electron chi connectivity index (χ1n) is 6.66. The average molecular weight is 256 g/mol. The third-order valence-corrected chi connectivity index (χ3v) is 3.52. The van der Waals surface area contributed by atoms with Crippen molar-refractivity contribution < 1.29 is 4.39 Å². The standard InChI is InChI=1S/C16H17FN2/c17-16-14(13-5-2-1-3-6-13)7-4-8-15(16)19-11-9-18-10-12-19/h1-8,18H,9-12H2. The molecule has 98 valence electrons. The minimum Gasteiger partial charge on any atom is -0.367 e. The molecule has 1 aliphatic heterocycles. The molecule has 3 rings (SSSR count). The minimum atomic E-state index is -0.115. The average Bonchev–Trinajstić information content (AvgIpc) is 2.49. The van der Waals surface area contributed by atoms with Crippen LogP contribution in [0.25, 0.3) is 11.1 Å². The van der Waals surface area contributed by atoms with Gasteiger partial charge in [0.15, 0.2) is 5.82 Å². The lowest BCUT2D eigenvalue weighted by Crippen LogP contribution is -2.43. The highest BCUT2D eigenvalue weighted by Crippen LogP contribution is 2.29. The third-order valence-electron chi connectivity index (χ3n) is 3.52. The van der Waals surface area contributed by atoms with Gasteiger partial charge in [0.1, 0.15) is 0 Å². The number of piperazine rings is 1. The van der Waals surface area contributed by atoms with E-state index in [1.165, 1.54) is 0 Å². The molecule has 2 aromatic carbocycles. The molecule has 3 heteroatoms. The van der Waals surface area contributed by atoms with Crippen LogP contribution in [0.5, 0.6) is 0 Å². The lowest BCUT2D eigenvalue weighted by Gasteiger charge is -2.30. The van der Waals surface area contributed by atoms with E-state index in [0.29, 0.717) is 11.3 Å². The summed E-state index contributed by atoms with van der Waals surface area (Å²) in [6.45, 7) is 3.54. The van der Waals surface area contributed by atoms with Crippen molar-refractivity contribution in [3.05, 3.63) is 54.3 Å². The molecule has 2 nitrogen and oxygen atoms in total. The van der Waals surface area contributed by atoms with Crippen molar-refractivity contribution >= 4 is 5.69 Å². The number of hydrogen-bond donors (Lipinski definition) is 1. The molecule has 1 saturated heterocycles. The zero-order valence-corrected chi connectivity index (χ0v) is 10.8. The summed E-state index contributed by atoms with van der Waals surface area (Å²) < 4.78 is 14.7. The second-order valence-corrected chi connectivity index (χ2v) is 4.74. The van der Waals surface area contributed by atoms with Crippen LogP contribution >= 0.6 is 0 Å². The molecule has 0 saturated carbocycles. The van der Waals surface area contributed by atoms with Crippen LogP contribution in [0.1, 0.15) is 0 Å². The van der Waals surface area contributed by atoms with Crippen LogP contribution in [0.2, 0.25) is 0 Å². The van der Waals surface area contributed by atoms with Gasteiger partial charge in [-0.15, -0.1) is 0 Å². The number of anilines is 1. The Hall–Kier alpha value is -1.87. The van der Waals surface area contributed by atoms with E-state index in [-0.39, 0.29) is 5.82 Å². The normalized spacial score (nSPS) is 15.5. The van der Waals surface area contributed by atoms with Crippen LogP contribution in [-0.2, 0) is 0 Å². The summed E-state index contributed by atoms with van der Waals surface area (Å²) in [6.07, 6.45) is 0. The van der Waals surface area contributed by atoms with E-state index in [1.807, 2.05) is 48.5 Å². The fraction of sp³-hybridized carbons (Fsp3) is 0.250. The Morgan fingerprint density at radius 3 is 2.37 bits per heavy atom. The van der Waals surface area contributed by atoms with Crippen LogP contribution in [0.15, 0.2) is 48.5 Å². The molecular weight excluding hydrogens is 239 g/mol. The van der Waals surface area contributed by atoms with Crippen LogP contribution in [0, 0.1) is 5.82 Å². The van der Waals surface area contributed by atoms with Crippen molar-refractivity contribution in [2.24, 2.45) is 0 Å². The van der Waals surface area contributed by atoms with E-state index in [1.54, 1.807) is 0 Å². The second-order valence-electron chi connectivity index (χ2n) is 4.74. The fourth-order valence-corrected chi connectivity index (χ4v) is 2.51. The van der Waals surface area contributed by atoms with Gasteiger partial charge in [0.25, 0.3) is 0 Å². The quantitative estimate of drug-likeness (QED) is 0.888. The molecule has 0 aliphatic carbocycles. The Bertz CT molecular complexity index is 548. The van der Waals surface area contributed by atoms with E-state index >= 15 is 0 Å². The molecule has 0 bridgehead atoms. The van der Waals surface area contributed by atoms with Gasteiger partial charge in [-0.25, -0.2) is 4.39 Å². The smallest absolute Gasteiger partial charge is 0.154 e. The predicted octanol–water partition coefficient (Wildman–Crippen LogP) is 2.90. The zero-order valence-electron chi connectivity index (χ0n) is 10.8. The Kier molecular flexibility index (Phi) is 3.47. The fourth-order valence-electron chi connectivity index (χ4n) is 2.51. The largest absolute Gasteiger partial charge is 0.367 e. The van der Waals surface area contributed by atoms with E-state index in [9.17, 15) is 4.39 Å². The molecule has 0 unspecified atom stereocenters. The Morgan fingerprint density at radius 1 is 0.895 bits per heavy atom. The van der Waals surface area contributed by atoms with Gasteiger partial charge in [-0.1, -0.05) is 42.5 Å². The molecule has 0 atom stereocenters. The van der Waals surface area contributed by atoms with Crippen LogP contribution < -0.4 is 10.2 Å². The lowest BCUT2D eigenvalue weighted by molar-refractivity contribution is 0.567. The molecule has 2 aromatic rings. The minimum absolute atomic E-state index is 0.115. The van der Waals surface area contributed by atoms with Gasteiger partial charge in [-0.05, 0) is 11.6 Å². The highest BCUT2D eigenvalue weighted by atomic mass is 19.1. The van der Waals surface area contributed by atoms with Crippen molar-refractivity contribution in [3.63, 3.8) is 0 Å². The molecule has 19 heavy (non-hydrogen) atoms. The highest BCUT2D eigenvalue weighted by molar-refractivity contribution is 5.69. The molecule has 0 spiro atoms. The van der Waals surface area contributed by atoms with Gasteiger partial charge in [0.05, 0.1) is 5.69 Å². The molecule has 1 heterocycles. The SMILES string of the molecule is Fc1c(-c2ccccc2)cccc1N1CCNCC1. The molecule has 0 aromatic heterocycles. The molecular formula is C16H17FN2. The summed E-state index contributed by atoms with van der Waals surface area (Å²) in [5.74, 6) is -0.115. The van der Waals surface area contributed by atoms with Gasteiger partial charge in [-0.3, -0.25) is 0 Å². The number of benzene rings is 2. The molecule has 1 N–H and O–H groups in total. The number of nitrogens with one attached hydrogen (secondary N) is 1. The van der Waals surface area contributed by atoms with E-state index in [4.69, 9.17) is 0 Å². The summed E-state index contributed by atoms with van der Waals surface area (Å²) in [4.78, 5) is 2.11. The van der Waals surface area contributed by atoms with Gasteiger partial charge >= 0.3 is 0 Å². The number of rotatable bonds is 2. The van der Waals surface area contributed by atoms with Gasteiger partial charge < -0.3 is 10.2 Å². The van der Waals surface area contributed by atoms with Gasteiger partial charge in [0, 0.05) is 31.7 Å². The van der Waals surface area contributed by atoms with Crippen molar-refractivity contribution in [3.8, 4) is 11.1 Å². The first-order chi connectivity index (χ1) is 9.36. The summed E-state index contributed by atoms with van der Waals surface area (Å²) in [5, 5.41) is 3.29. The Labute approximate surface area is 112 Å². The van der Waals surface area contributed by atoms with Gasteiger partial charge in [0.2, 0.25) is 0 Å². The number of hydrogen-bond acceptors (Lipinski definition) is 2. The first-order valence-corrected chi connectivity index (χ1v) is 6.66. The van der Waals surface area contributed by atoms with E-state index in [0.717, 1.165) is 31.7 Å². The van der Waals surface area contributed by atoms with Gasteiger partial charge in [-0.2, -0.15) is 0 Å². The van der Waals surface area contributed by atoms with Crippen molar-refractivity contribution in [2.75, 3.05) is 31.1 Å². The number of halogens is 1. The predicted molar refractivity (Wildman–Crippen MR) is 76.9 cm³/mol. The molecule has 1 aliphatic rings. The molecule has 0 radical (unpaired) electrons. The number of nitrogens with zero attached hydrogens (tertiary/aromatic N) is 1. The summed E-state index contributed by atoms with van der Waals surface area (Å²) in [7, 11) is 0. The topological polar surface area (TPSA) is 15.3 Å². The van der Waals surface area contributed by atoms with Crippen LogP contribution in [0.4, 0.5) is 10.1 Å². The molecule has 1 fully saturated rings. The molecule has 0 amide bonds. The third kappa shape index (κ3) is 2.47. The Morgan fingerprint density at radius 2 is 1.63 bits per heavy atom. The monoisotopic (exact) mass is 256 g/mol. The van der Waals surface area contributed by atoms with Crippen LogP contribution in [-0.4, -0.2) is 26.2 Å². The summed E-state index contributed by atoms with van der Waals surface area (Å²) in [5.41, 5.74) is 2.32. The van der Waals surface area contributed by atoms with E-state index in [2.05, 4.69) is 10.2 Å². The lowest BCUT2D eigenvalue weighted by atomic mass is 10.0. The van der Waals surface area contributed by atoms with E-state index < -0.39 is 0 Å². The van der Waals surface area contributed by atoms with Crippen molar-refractivity contribution in [1.82, 2.24) is 5.32 Å². The zero-order chi connectivity index (χ0) is 13.1. The first kappa shape index (κ1) is 12.2. The maximum Gasteiger partial charge on any atom is 0.154 e. The Balaban J connectivity index is 1.99. The maximum atomic E-state index is 14.7. The summed E-state index contributed by atoms with van der Waals surface area (Å²) >= 11 is 0. The maximum absolute atomic E-state index is 14.7. The highest BCUT2D eigenvalue weighted by Gasteiger charge is 2.17.